The average molecular weight is 390 g/mol. The van der Waals surface area contributed by atoms with Gasteiger partial charge in [-0.1, -0.05) is 12.1 Å². The number of pyridine rings is 1. The molecule has 3 rings (SSSR count). The number of nitrogens with zero attached hydrogens (tertiary/aromatic N) is 3. The van der Waals surface area contributed by atoms with Gasteiger partial charge in [0.05, 0.1) is 16.0 Å². The standard InChI is InChI=1S/C20H14N4O3S/c21-11-16-4-1-5-17(12-22)20(16)27-18-6-8-19(9-7-18)28(25,26)24-14-15-3-2-10-23-13-15/h1-10,13,24H,14H2. The molecule has 0 saturated carbocycles. The second kappa shape index (κ2) is 8.31. The molecule has 138 valence electrons. The number of ether oxygens (including phenoxy) is 1. The molecule has 1 aromatic heterocycles. The van der Waals surface area contributed by atoms with Crippen LogP contribution >= 0.6 is 0 Å². The van der Waals surface area contributed by atoms with Crippen molar-refractivity contribution in [3.05, 3.63) is 83.7 Å². The Balaban J connectivity index is 1.77. The molecule has 0 radical (unpaired) electrons. The third kappa shape index (κ3) is 4.33. The summed E-state index contributed by atoms with van der Waals surface area (Å²) in [5, 5.41) is 18.4. The number of rotatable bonds is 6. The van der Waals surface area contributed by atoms with E-state index >= 15 is 0 Å². The zero-order valence-electron chi connectivity index (χ0n) is 14.5. The molecule has 3 aromatic rings. The molecule has 0 spiro atoms. The Kier molecular flexibility index (Phi) is 5.66. The maximum absolute atomic E-state index is 12.4. The summed E-state index contributed by atoms with van der Waals surface area (Å²) in [6.07, 6.45) is 3.19. The van der Waals surface area contributed by atoms with Crippen LogP contribution in [0.3, 0.4) is 0 Å². The van der Waals surface area contributed by atoms with Crippen LogP contribution in [0.4, 0.5) is 0 Å². The summed E-state index contributed by atoms with van der Waals surface area (Å²) >= 11 is 0. The predicted molar refractivity (Wildman–Crippen MR) is 101 cm³/mol. The van der Waals surface area contributed by atoms with Crippen molar-refractivity contribution >= 4 is 10.0 Å². The molecule has 0 aliphatic heterocycles. The van der Waals surface area contributed by atoms with Crippen molar-refractivity contribution in [2.45, 2.75) is 11.4 Å². The minimum absolute atomic E-state index is 0.0674. The fourth-order valence-corrected chi connectivity index (χ4v) is 3.41. The molecule has 0 saturated heterocycles. The summed E-state index contributed by atoms with van der Waals surface area (Å²) in [4.78, 5) is 4.01. The highest BCUT2D eigenvalue weighted by molar-refractivity contribution is 7.89. The lowest BCUT2D eigenvalue weighted by Crippen LogP contribution is -2.23. The maximum Gasteiger partial charge on any atom is 0.240 e. The highest BCUT2D eigenvalue weighted by Gasteiger charge is 2.15. The molecule has 0 bridgehead atoms. The Morgan fingerprint density at radius 2 is 1.64 bits per heavy atom. The maximum atomic E-state index is 12.4. The average Bonchev–Trinajstić information content (AvgIpc) is 2.73. The first kappa shape index (κ1) is 19.1. The van der Waals surface area contributed by atoms with Gasteiger partial charge in [0.1, 0.15) is 17.9 Å². The van der Waals surface area contributed by atoms with Gasteiger partial charge in [-0.05, 0) is 48.0 Å². The lowest BCUT2D eigenvalue weighted by molar-refractivity contribution is 0.479. The summed E-state index contributed by atoms with van der Waals surface area (Å²) in [6.45, 7) is 0.121. The van der Waals surface area contributed by atoms with E-state index < -0.39 is 10.0 Å². The molecule has 0 atom stereocenters. The first-order chi connectivity index (χ1) is 13.5. The number of aromatic nitrogens is 1. The van der Waals surface area contributed by atoms with Crippen LogP contribution in [-0.2, 0) is 16.6 Å². The van der Waals surface area contributed by atoms with Crippen LogP contribution in [0, 0.1) is 22.7 Å². The van der Waals surface area contributed by atoms with E-state index in [0.717, 1.165) is 5.56 Å². The van der Waals surface area contributed by atoms with Gasteiger partial charge in [0.15, 0.2) is 5.75 Å². The van der Waals surface area contributed by atoms with Crippen molar-refractivity contribution in [3.8, 4) is 23.6 Å². The van der Waals surface area contributed by atoms with E-state index in [4.69, 9.17) is 4.74 Å². The molecule has 0 unspecified atom stereocenters. The van der Waals surface area contributed by atoms with E-state index in [-0.39, 0.29) is 28.3 Å². The Hall–Kier alpha value is -3.72. The molecule has 28 heavy (non-hydrogen) atoms. The van der Waals surface area contributed by atoms with Gasteiger partial charge in [-0.15, -0.1) is 0 Å². The fraction of sp³-hybridized carbons (Fsp3) is 0.0500. The molecule has 1 heterocycles. The van der Waals surface area contributed by atoms with Gasteiger partial charge in [-0.3, -0.25) is 4.98 Å². The van der Waals surface area contributed by atoms with Crippen molar-refractivity contribution in [2.24, 2.45) is 0 Å². The molecular formula is C20H14N4O3S. The SMILES string of the molecule is N#Cc1cccc(C#N)c1Oc1ccc(S(=O)(=O)NCc2cccnc2)cc1. The number of sulfonamides is 1. The van der Waals surface area contributed by atoms with E-state index in [1.165, 1.54) is 36.4 Å². The van der Waals surface area contributed by atoms with Gasteiger partial charge >= 0.3 is 0 Å². The largest absolute Gasteiger partial charge is 0.455 e. The van der Waals surface area contributed by atoms with Crippen molar-refractivity contribution in [2.75, 3.05) is 0 Å². The van der Waals surface area contributed by atoms with Crippen LogP contribution in [0.5, 0.6) is 11.5 Å². The molecule has 1 N–H and O–H groups in total. The molecule has 0 amide bonds. The number of para-hydroxylation sites is 1. The van der Waals surface area contributed by atoms with Crippen molar-refractivity contribution in [1.29, 1.82) is 10.5 Å². The number of nitriles is 2. The number of hydrogen-bond donors (Lipinski definition) is 1. The lowest BCUT2D eigenvalue weighted by Gasteiger charge is -2.10. The van der Waals surface area contributed by atoms with E-state index in [9.17, 15) is 18.9 Å². The van der Waals surface area contributed by atoms with E-state index in [1.807, 2.05) is 12.1 Å². The molecule has 0 aliphatic rings. The van der Waals surface area contributed by atoms with E-state index in [2.05, 4.69) is 9.71 Å². The Labute approximate surface area is 162 Å². The summed E-state index contributed by atoms with van der Waals surface area (Å²) in [5.41, 5.74) is 1.17. The minimum atomic E-state index is -3.71. The van der Waals surface area contributed by atoms with Crippen LogP contribution in [0.25, 0.3) is 0 Å². The number of benzene rings is 2. The smallest absolute Gasteiger partial charge is 0.240 e. The van der Waals surface area contributed by atoms with Crippen LogP contribution in [-0.4, -0.2) is 13.4 Å². The van der Waals surface area contributed by atoms with Crippen LogP contribution in [0.15, 0.2) is 71.9 Å². The van der Waals surface area contributed by atoms with Crippen LogP contribution in [0.2, 0.25) is 0 Å². The molecule has 7 nitrogen and oxygen atoms in total. The fourth-order valence-electron chi connectivity index (χ4n) is 2.39. The second-order valence-corrected chi connectivity index (χ2v) is 7.43. The van der Waals surface area contributed by atoms with Crippen molar-refractivity contribution in [3.63, 3.8) is 0 Å². The highest BCUT2D eigenvalue weighted by atomic mass is 32.2. The van der Waals surface area contributed by atoms with Crippen LogP contribution < -0.4 is 9.46 Å². The van der Waals surface area contributed by atoms with Gasteiger partial charge < -0.3 is 4.74 Å². The second-order valence-electron chi connectivity index (χ2n) is 5.67. The normalized spacial score (nSPS) is 10.6. The quantitative estimate of drug-likeness (QED) is 0.691. The molecule has 8 heteroatoms. The summed E-state index contributed by atoms with van der Waals surface area (Å²) in [7, 11) is -3.71. The predicted octanol–water partition coefficient (Wildman–Crippen LogP) is 3.10. The first-order valence-corrected chi connectivity index (χ1v) is 9.61. The Bertz CT molecular complexity index is 1130. The Morgan fingerprint density at radius 3 is 2.21 bits per heavy atom. The summed E-state index contributed by atoms with van der Waals surface area (Å²) in [5.74, 6) is 0.447. The highest BCUT2D eigenvalue weighted by Crippen LogP contribution is 2.29. The van der Waals surface area contributed by atoms with E-state index in [1.54, 1.807) is 30.6 Å². The molecular weight excluding hydrogens is 376 g/mol. The minimum Gasteiger partial charge on any atom is -0.455 e. The zero-order chi connectivity index (χ0) is 20.0. The van der Waals surface area contributed by atoms with Gasteiger partial charge in [0, 0.05) is 18.9 Å². The summed E-state index contributed by atoms with van der Waals surface area (Å²) in [6, 6.07) is 17.8. The number of hydrogen-bond acceptors (Lipinski definition) is 6. The lowest BCUT2D eigenvalue weighted by atomic mass is 10.1. The molecule has 2 aromatic carbocycles. The van der Waals surface area contributed by atoms with E-state index in [0.29, 0.717) is 5.75 Å². The van der Waals surface area contributed by atoms with Crippen molar-refractivity contribution in [1.82, 2.24) is 9.71 Å². The first-order valence-electron chi connectivity index (χ1n) is 8.13. The molecule has 0 aliphatic carbocycles. The third-order valence-corrected chi connectivity index (χ3v) is 5.22. The third-order valence-electron chi connectivity index (χ3n) is 3.80. The molecule has 0 fully saturated rings. The Morgan fingerprint density at radius 1 is 0.964 bits per heavy atom. The monoisotopic (exact) mass is 390 g/mol. The van der Waals surface area contributed by atoms with Crippen molar-refractivity contribution < 1.29 is 13.2 Å². The topological polar surface area (TPSA) is 116 Å². The van der Waals surface area contributed by atoms with Gasteiger partial charge in [-0.25, -0.2) is 13.1 Å². The van der Waals surface area contributed by atoms with Crippen LogP contribution in [0.1, 0.15) is 16.7 Å². The summed E-state index contributed by atoms with van der Waals surface area (Å²) < 4.78 is 33.0. The number of nitrogens with one attached hydrogen (secondary N) is 1. The van der Waals surface area contributed by atoms with Gasteiger partial charge in [-0.2, -0.15) is 10.5 Å². The van der Waals surface area contributed by atoms with Gasteiger partial charge in [0.2, 0.25) is 10.0 Å². The van der Waals surface area contributed by atoms with Gasteiger partial charge in [0.25, 0.3) is 0 Å². The zero-order valence-corrected chi connectivity index (χ0v) is 15.3.